The third-order valence-electron chi connectivity index (χ3n) is 2.93. The van der Waals surface area contributed by atoms with Gasteiger partial charge in [0.1, 0.15) is 5.75 Å². The van der Waals surface area contributed by atoms with Crippen molar-refractivity contribution < 1.29 is 9.90 Å². The van der Waals surface area contributed by atoms with E-state index in [0.717, 1.165) is 5.56 Å². The molecule has 0 aliphatic carbocycles. The fraction of sp³-hybridized carbons (Fsp3) is 0.125. The lowest BCUT2D eigenvalue weighted by molar-refractivity contribution is 0.0952. The highest BCUT2D eigenvalue weighted by atomic mass is 35.5. The number of rotatable bonds is 4. The molecule has 0 aliphatic rings. The number of hydrogen-bond acceptors (Lipinski definition) is 3. The lowest BCUT2D eigenvalue weighted by atomic mass is 10.1. The summed E-state index contributed by atoms with van der Waals surface area (Å²) >= 11 is 5.95. The number of carbonyl (C=O) groups excluding carboxylic acids is 1. The smallest absolute Gasteiger partial charge is 0.275 e. The number of nitrogens with one attached hydrogen (secondary N) is 1. The average Bonchev–Trinajstić information content (AvgIpc) is 2.48. The number of nitrogens with zero attached hydrogens (tertiary/aromatic N) is 1. The highest BCUT2D eigenvalue weighted by Gasteiger charge is 2.10. The Labute approximate surface area is 128 Å². The second-order valence-corrected chi connectivity index (χ2v) is 4.82. The minimum Gasteiger partial charge on any atom is -0.507 e. The van der Waals surface area contributed by atoms with Gasteiger partial charge in [-0.25, -0.2) is 5.43 Å². The van der Waals surface area contributed by atoms with Crippen LogP contribution in [-0.4, -0.2) is 16.7 Å². The van der Waals surface area contributed by atoms with Crippen LogP contribution in [-0.2, 0) is 0 Å². The molecule has 0 heterocycles. The van der Waals surface area contributed by atoms with E-state index in [1.165, 1.54) is 12.1 Å². The Morgan fingerprint density at radius 2 is 2.00 bits per heavy atom. The molecule has 0 saturated heterocycles. The molecule has 2 rings (SSSR count). The first-order valence-corrected chi connectivity index (χ1v) is 6.90. The van der Waals surface area contributed by atoms with Crippen LogP contribution in [0.25, 0.3) is 0 Å². The van der Waals surface area contributed by atoms with Crippen molar-refractivity contribution in [3.05, 3.63) is 64.7 Å². The van der Waals surface area contributed by atoms with Crippen LogP contribution in [0.4, 0.5) is 0 Å². The Hall–Kier alpha value is -2.33. The maximum atomic E-state index is 12.0. The molecular weight excluding hydrogens is 288 g/mol. The number of aromatic hydroxyl groups is 1. The first kappa shape index (κ1) is 15.1. The van der Waals surface area contributed by atoms with E-state index in [-0.39, 0.29) is 11.3 Å². The van der Waals surface area contributed by atoms with Crippen LogP contribution in [0.1, 0.15) is 29.3 Å². The zero-order valence-electron chi connectivity index (χ0n) is 11.5. The van der Waals surface area contributed by atoms with Gasteiger partial charge in [-0.2, -0.15) is 5.10 Å². The zero-order valence-corrected chi connectivity index (χ0v) is 12.3. The second-order valence-electron chi connectivity index (χ2n) is 4.38. The van der Waals surface area contributed by atoms with E-state index >= 15 is 0 Å². The van der Waals surface area contributed by atoms with E-state index in [1.807, 2.05) is 19.1 Å². The summed E-state index contributed by atoms with van der Waals surface area (Å²) < 4.78 is 0. The second kappa shape index (κ2) is 6.90. The van der Waals surface area contributed by atoms with Crippen molar-refractivity contribution >= 4 is 23.2 Å². The van der Waals surface area contributed by atoms with Gasteiger partial charge in [0.2, 0.25) is 0 Å². The molecule has 0 atom stereocenters. The molecule has 21 heavy (non-hydrogen) atoms. The summed E-state index contributed by atoms with van der Waals surface area (Å²) in [6, 6.07) is 13.6. The SMILES string of the molecule is CCC(=NNC(=O)c1ccccc1O)c1cccc(Cl)c1. The van der Waals surface area contributed by atoms with Gasteiger partial charge in [0.25, 0.3) is 5.91 Å². The maximum absolute atomic E-state index is 12.0. The first-order valence-electron chi connectivity index (χ1n) is 6.52. The van der Waals surface area contributed by atoms with Crippen molar-refractivity contribution in [1.29, 1.82) is 0 Å². The van der Waals surface area contributed by atoms with Crippen LogP contribution in [0.2, 0.25) is 5.02 Å². The lowest BCUT2D eigenvalue weighted by Crippen LogP contribution is -2.20. The van der Waals surface area contributed by atoms with E-state index in [9.17, 15) is 9.90 Å². The molecule has 0 fully saturated rings. The quantitative estimate of drug-likeness (QED) is 0.669. The van der Waals surface area contributed by atoms with Crippen LogP contribution in [0.3, 0.4) is 0 Å². The Morgan fingerprint density at radius 3 is 2.67 bits per heavy atom. The normalized spacial score (nSPS) is 11.2. The number of phenolic OH excluding ortho intramolecular Hbond substituents is 1. The molecular formula is C16H15ClN2O2. The van der Waals surface area contributed by atoms with Crippen molar-refractivity contribution in [2.24, 2.45) is 5.10 Å². The molecule has 2 aromatic carbocycles. The summed E-state index contributed by atoms with van der Waals surface area (Å²) in [6.45, 7) is 1.94. The standard InChI is InChI=1S/C16H15ClN2O2/c1-2-14(11-6-5-7-12(17)10-11)18-19-16(21)13-8-3-4-9-15(13)20/h3-10,20H,2H2,1H3,(H,19,21). The molecule has 1 amide bonds. The number of phenols is 1. The minimum atomic E-state index is -0.457. The summed E-state index contributed by atoms with van der Waals surface area (Å²) in [6.07, 6.45) is 0.640. The minimum absolute atomic E-state index is 0.0778. The van der Waals surface area contributed by atoms with Crippen LogP contribution in [0, 0.1) is 0 Å². The predicted octanol–water partition coefficient (Wildman–Crippen LogP) is 3.59. The molecule has 2 N–H and O–H groups in total. The van der Waals surface area contributed by atoms with Gasteiger partial charge in [0.05, 0.1) is 11.3 Å². The molecule has 0 radical (unpaired) electrons. The van der Waals surface area contributed by atoms with Crippen LogP contribution >= 0.6 is 11.6 Å². The van der Waals surface area contributed by atoms with Gasteiger partial charge >= 0.3 is 0 Å². The zero-order chi connectivity index (χ0) is 15.2. The lowest BCUT2D eigenvalue weighted by Gasteiger charge is -2.06. The third kappa shape index (κ3) is 3.83. The summed E-state index contributed by atoms with van der Waals surface area (Å²) in [5.41, 5.74) is 4.20. The van der Waals surface area contributed by atoms with Gasteiger partial charge < -0.3 is 5.11 Å². The van der Waals surface area contributed by atoms with E-state index in [1.54, 1.807) is 24.3 Å². The molecule has 0 aromatic heterocycles. The highest BCUT2D eigenvalue weighted by Crippen LogP contribution is 2.16. The van der Waals surface area contributed by atoms with E-state index < -0.39 is 5.91 Å². The molecule has 0 spiro atoms. The fourth-order valence-corrected chi connectivity index (χ4v) is 2.05. The Kier molecular flexibility index (Phi) is 4.95. The molecule has 0 saturated carbocycles. The monoisotopic (exact) mass is 302 g/mol. The number of hydrazone groups is 1. The van der Waals surface area contributed by atoms with Crippen molar-refractivity contribution in [3.63, 3.8) is 0 Å². The van der Waals surface area contributed by atoms with Gasteiger partial charge in [-0.05, 0) is 36.2 Å². The number of amides is 1. The molecule has 2 aromatic rings. The average molecular weight is 303 g/mol. The van der Waals surface area contributed by atoms with Crippen molar-refractivity contribution in [2.45, 2.75) is 13.3 Å². The Bertz CT molecular complexity index is 683. The molecule has 5 heteroatoms. The summed E-state index contributed by atoms with van der Waals surface area (Å²) in [7, 11) is 0. The van der Waals surface area contributed by atoms with Crippen LogP contribution in [0.15, 0.2) is 53.6 Å². The van der Waals surface area contributed by atoms with E-state index in [0.29, 0.717) is 17.2 Å². The van der Waals surface area contributed by atoms with Gasteiger partial charge in [-0.3, -0.25) is 4.79 Å². The number of halogens is 1. The van der Waals surface area contributed by atoms with Gasteiger partial charge in [0.15, 0.2) is 0 Å². The maximum Gasteiger partial charge on any atom is 0.275 e. The number of para-hydroxylation sites is 1. The first-order chi connectivity index (χ1) is 10.1. The predicted molar refractivity (Wildman–Crippen MR) is 83.9 cm³/mol. The van der Waals surface area contributed by atoms with Crippen molar-refractivity contribution in [3.8, 4) is 5.75 Å². The Morgan fingerprint density at radius 1 is 1.24 bits per heavy atom. The van der Waals surface area contributed by atoms with Crippen LogP contribution < -0.4 is 5.43 Å². The summed E-state index contributed by atoms with van der Waals surface area (Å²) in [4.78, 5) is 12.0. The molecule has 0 unspecified atom stereocenters. The van der Waals surface area contributed by atoms with E-state index in [2.05, 4.69) is 10.5 Å². The van der Waals surface area contributed by atoms with Crippen molar-refractivity contribution in [2.75, 3.05) is 0 Å². The highest BCUT2D eigenvalue weighted by molar-refractivity contribution is 6.31. The van der Waals surface area contributed by atoms with Gasteiger partial charge in [-0.15, -0.1) is 0 Å². The number of carbonyl (C=O) groups is 1. The van der Waals surface area contributed by atoms with Crippen LogP contribution in [0.5, 0.6) is 5.75 Å². The molecule has 108 valence electrons. The van der Waals surface area contributed by atoms with E-state index in [4.69, 9.17) is 11.6 Å². The topological polar surface area (TPSA) is 61.7 Å². The van der Waals surface area contributed by atoms with Gasteiger partial charge in [-0.1, -0.05) is 42.8 Å². The van der Waals surface area contributed by atoms with Gasteiger partial charge in [0, 0.05) is 5.02 Å². The largest absolute Gasteiger partial charge is 0.507 e. The fourth-order valence-electron chi connectivity index (χ4n) is 1.86. The summed E-state index contributed by atoms with van der Waals surface area (Å²) in [5, 5.41) is 14.4. The number of benzene rings is 2. The Balaban J connectivity index is 2.19. The number of hydrogen-bond donors (Lipinski definition) is 2. The van der Waals surface area contributed by atoms with Crippen molar-refractivity contribution in [1.82, 2.24) is 5.43 Å². The summed E-state index contributed by atoms with van der Waals surface area (Å²) in [5.74, 6) is -0.535. The molecule has 0 aliphatic heterocycles. The third-order valence-corrected chi connectivity index (χ3v) is 3.17. The molecule has 0 bridgehead atoms. The molecule has 4 nitrogen and oxygen atoms in total.